The lowest BCUT2D eigenvalue weighted by Crippen LogP contribution is -2.44. The van der Waals surface area contributed by atoms with Crippen molar-refractivity contribution in [2.75, 3.05) is 12.4 Å². The summed E-state index contributed by atoms with van der Waals surface area (Å²) in [5.41, 5.74) is 7.07. The molecular weight excluding hydrogens is 268 g/mol. The Morgan fingerprint density at radius 2 is 2.00 bits per heavy atom. The Hall–Kier alpha value is -1.75. The van der Waals surface area contributed by atoms with Crippen LogP contribution in [0.5, 0.6) is 5.75 Å². The van der Waals surface area contributed by atoms with Gasteiger partial charge < -0.3 is 15.2 Å². The molecule has 0 bridgehead atoms. The highest BCUT2D eigenvalue weighted by Gasteiger charge is 2.37. The lowest BCUT2D eigenvalue weighted by Gasteiger charge is -2.40. The Morgan fingerprint density at radius 3 is 2.48 bits per heavy atom. The monoisotopic (exact) mass is 292 g/mol. The van der Waals surface area contributed by atoms with E-state index in [2.05, 4.69) is 5.32 Å². The molecule has 2 rings (SSSR count). The van der Waals surface area contributed by atoms with Crippen molar-refractivity contribution in [1.82, 2.24) is 0 Å². The Kier molecular flexibility index (Phi) is 4.14. The molecule has 116 valence electrons. The van der Waals surface area contributed by atoms with Crippen LogP contribution in [-0.4, -0.2) is 18.8 Å². The van der Waals surface area contributed by atoms with Gasteiger partial charge in [0, 0.05) is 11.2 Å². The zero-order valence-electron chi connectivity index (χ0n) is 13.2. The fraction of sp³-hybridized carbons (Fsp3) is 0.562. The zero-order chi connectivity index (χ0) is 15.7. The second-order valence-electron chi connectivity index (χ2n) is 6.55. The molecule has 0 aromatic heterocycles. The summed E-state index contributed by atoms with van der Waals surface area (Å²) in [6.07, 6.45) is 2.43. The normalized spacial score (nSPS) is 16.8. The van der Waals surface area contributed by atoms with Crippen molar-refractivity contribution >= 4 is 11.8 Å². The van der Waals surface area contributed by atoms with E-state index in [0.29, 0.717) is 5.69 Å². The van der Waals surface area contributed by atoms with Crippen LogP contribution in [0, 0.1) is 0 Å². The molecule has 1 aliphatic rings. The minimum atomic E-state index is -0.534. The number of methoxy groups -OCH3 is 1. The van der Waals surface area contributed by atoms with E-state index in [1.54, 1.807) is 13.2 Å². The fourth-order valence-electron chi connectivity index (χ4n) is 2.41. The second-order valence-corrected chi connectivity index (χ2v) is 6.55. The number of hydrogen-bond acceptors (Lipinski definition) is 4. The summed E-state index contributed by atoms with van der Waals surface area (Å²) in [6.45, 7) is 5.49. The number of anilines is 1. The van der Waals surface area contributed by atoms with Gasteiger partial charge in [0.15, 0.2) is 0 Å². The van der Waals surface area contributed by atoms with E-state index >= 15 is 0 Å². The minimum absolute atomic E-state index is 0.390. The number of benzene rings is 1. The average Bonchev–Trinajstić information content (AvgIpc) is 2.34. The van der Waals surface area contributed by atoms with Gasteiger partial charge in [-0.3, -0.25) is 5.32 Å². The van der Waals surface area contributed by atoms with Crippen LogP contribution >= 0.6 is 0 Å². The first-order valence-electron chi connectivity index (χ1n) is 7.21. The predicted octanol–water partition coefficient (Wildman–Crippen LogP) is 3.38. The van der Waals surface area contributed by atoms with Gasteiger partial charge in [0.2, 0.25) is 0 Å². The summed E-state index contributed by atoms with van der Waals surface area (Å²) in [5.74, 6) is 0.733. The summed E-state index contributed by atoms with van der Waals surface area (Å²) in [7, 11) is 1.62. The second kappa shape index (κ2) is 5.56. The first-order chi connectivity index (χ1) is 9.73. The van der Waals surface area contributed by atoms with E-state index in [9.17, 15) is 4.79 Å². The molecule has 5 nitrogen and oxygen atoms in total. The quantitative estimate of drug-likeness (QED) is 0.895. The van der Waals surface area contributed by atoms with Crippen molar-refractivity contribution < 1.29 is 14.3 Å². The third-order valence-corrected chi connectivity index (χ3v) is 3.64. The van der Waals surface area contributed by atoms with E-state index in [1.165, 1.54) is 0 Å². The lowest BCUT2D eigenvalue weighted by molar-refractivity contribution is 0.0635. The number of carbonyl (C=O) groups excluding carboxylic acids is 1. The van der Waals surface area contributed by atoms with Gasteiger partial charge in [-0.15, -0.1) is 0 Å². The van der Waals surface area contributed by atoms with Crippen LogP contribution in [0.3, 0.4) is 0 Å². The van der Waals surface area contributed by atoms with E-state index < -0.39 is 11.7 Å². The molecule has 0 spiro atoms. The molecule has 1 aromatic carbocycles. The van der Waals surface area contributed by atoms with E-state index in [0.717, 1.165) is 30.6 Å². The molecule has 0 saturated heterocycles. The highest BCUT2D eigenvalue weighted by atomic mass is 16.6. The molecule has 5 heteroatoms. The van der Waals surface area contributed by atoms with Crippen molar-refractivity contribution in [1.29, 1.82) is 0 Å². The molecule has 21 heavy (non-hydrogen) atoms. The van der Waals surface area contributed by atoms with E-state index in [-0.39, 0.29) is 5.54 Å². The van der Waals surface area contributed by atoms with Crippen molar-refractivity contribution in [2.45, 2.75) is 51.2 Å². The van der Waals surface area contributed by atoms with Gasteiger partial charge in [-0.05, 0) is 63.8 Å². The van der Waals surface area contributed by atoms with Crippen molar-refractivity contribution in [2.24, 2.45) is 5.73 Å². The zero-order valence-corrected chi connectivity index (χ0v) is 13.2. The van der Waals surface area contributed by atoms with Gasteiger partial charge in [0.05, 0.1) is 7.11 Å². The van der Waals surface area contributed by atoms with Crippen LogP contribution in [0.4, 0.5) is 10.5 Å². The van der Waals surface area contributed by atoms with Crippen LogP contribution in [0.1, 0.15) is 45.6 Å². The Balaban J connectivity index is 2.24. The Labute approximate surface area is 125 Å². The van der Waals surface area contributed by atoms with Crippen molar-refractivity contribution in [3.05, 3.63) is 23.8 Å². The number of nitrogens with two attached hydrogens (primary N) is 1. The van der Waals surface area contributed by atoms with E-state index in [1.807, 2.05) is 32.9 Å². The summed E-state index contributed by atoms with van der Waals surface area (Å²) in [6, 6.07) is 5.51. The SMILES string of the molecule is COc1ccc(NC(=O)OC(C)(C)C)c(C2(N)CCC2)c1. The number of hydrogen-bond donors (Lipinski definition) is 2. The van der Waals surface area contributed by atoms with Gasteiger partial charge in [-0.2, -0.15) is 0 Å². The highest BCUT2D eigenvalue weighted by molar-refractivity contribution is 5.86. The fourth-order valence-corrected chi connectivity index (χ4v) is 2.41. The Bertz CT molecular complexity index is 531. The highest BCUT2D eigenvalue weighted by Crippen LogP contribution is 2.43. The van der Waals surface area contributed by atoms with Crippen molar-refractivity contribution in [3.63, 3.8) is 0 Å². The molecule has 1 saturated carbocycles. The predicted molar refractivity (Wildman–Crippen MR) is 82.6 cm³/mol. The number of rotatable bonds is 3. The number of carbonyl (C=O) groups is 1. The summed E-state index contributed by atoms with van der Waals surface area (Å²) in [4.78, 5) is 12.0. The first kappa shape index (κ1) is 15.6. The molecule has 0 heterocycles. The first-order valence-corrected chi connectivity index (χ1v) is 7.21. The maximum absolute atomic E-state index is 12.0. The lowest BCUT2D eigenvalue weighted by atomic mass is 9.72. The smallest absolute Gasteiger partial charge is 0.412 e. The molecule has 0 aliphatic heterocycles. The summed E-state index contributed by atoms with van der Waals surface area (Å²) < 4.78 is 10.6. The largest absolute Gasteiger partial charge is 0.497 e. The van der Waals surface area contributed by atoms with Crippen LogP contribution < -0.4 is 15.8 Å². The molecule has 0 radical (unpaired) electrons. The van der Waals surface area contributed by atoms with Gasteiger partial charge in [0.1, 0.15) is 11.4 Å². The molecule has 1 amide bonds. The van der Waals surface area contributed by atoms with Crippen LogP contribution in [-0.2, 0) is 10.3 Å². The molecule has 1 fully saturated rings. The van der Waals surface area contributed by atoms with Crippen LogP contribution in [0.25, 0.3) is 0 Å². The van der Waals surface area contributed by atoms with Crippen LogP contribution in [0.15, 0.2) is 18.2 Å². The van der Waals surface area contributed by atoms with Gasteiger partial charge in [-0.1, -0.05) is 0 Å². The number of ether oxygens (including phenoxy) is 2. The summed E-state index contributed by atoms with van der Waals surface area (Å²) in [5, 5.41) is 2.80. The standard InChI is InChI=1S/C16H24N2O3/c1-15(2,3)21-14(19)18-13-7-6-11(20-4)10-12(13)16(17)8-5-9-16/h6-7,10H,5,8-9,17H2,1-4H3,(H,18,19). The van der Waals surface area contributed by atoms with Crippen LogP contribution in [0.2, 0.25) is 0 Å². The maximum atomic E-state index is 12.0. The van der Waals surface area contributed by atoms with Crippen molar-refractivity contribution in [3.8, 4) is 5.75 Å². The number of amides is 1. The third-order valence-electron chi connectivity index (χ3n) is 3.64. The maximum Gasteiger partial charge on any atom is 0.412 e. The van der Waals surface area contributed by atoms with E-state index in [4.69, 9.17) is 15.2 Å². The van der Waals surface area contributed by atoms with Gasteiger partial charge in [-0.25, -0.2) is 4.79 Å². The molecule has 1 aromatic rings. The minimum Gasteiger partial charge on any atom is -0.497 e. The average molecular weight is 292 g/mol. The Morgan fingerprint density at radius 1 is 1.33 bits per heavy atom. The number of nitrogens with one attached hydrogen (secondary N) is 1. The topological polar surface area (TPSA) is 73.6 Å². The molecule has 1 aliphatic carbocycles. The molecule has 0 unspecified atom stereocenters. The van der Waals surface area contributed by atoms with Gasteiger partial charge in [0.25, 0.3) is 0 Å². The summed E-state index contributed by atoms with van der Waals surface area (Å²) >= 11 is 0. The molecular formula is C16H24N2O3. The third kappa shape index (κ3) is 3.67. The van der Waals surface area contributed by atoms with Gasteiger partial charge >= 0.3 is 6.09 Å². The molecule has 3 N–H and O–H groups in total. The molecule has 0 atom stereocenters.